The molecule has 1 N–H and O–H groups in total. The fourth-order valence-electron chi connectivity index (χ4n) is 3.27. The van der Waals surface area contributed by atoms with Crippen LogP contribution in [0.2, 0.25) is 0 Å². The molecular formula is C19H21BFNO2. The zero-order chi connectivity index (χ0) is 17.0. The molecule has 0 aliphatic carbocycles. The van der Waals surface area contributed by atoms with Crippen LogP contribution < -0.4 is 0 Å². The van der Waals surface area contributed by atoms with Crippen LogP contribution in [0.5, 0.6) is 0 Å². The topological polar surface area (TPSA) is 40.5 Å². The van der Waals surface area contributed by atoms with Gasteiger partial charge in [-0.25, -0.2) is 4.39 Å². The van der Waals surface area contributed by atoms with E-state index >= 15 is 0 Å². The summed E-state index contributed by atoms with van der Waals surface area (Å²) in [4.78, 5) is 2.06. The monoisotopic (exact) mass is 325 g/mol. The molecule has 0 radical (unpaired) electrons. The fraction of sp³-hybridized carbons (Fsp3) is 0.368. The van der Waals surface area contributed by atoms with Crippen molar-refractivity contribution in [3.05, 3.63) is 71.0 Å². The number of hydrogen-bond donors (Lipinski definition) is 1. The summed E-state index contributed by atoms with van der Waals surface area (Å²) in [6.07, 6.45) is 2.45. The number of rotatable bonds is 5. The molecule has 1 fully saturated rings. The summed E-state index contributed by atoms with van der Waals surface area (Å²) in [7, 11) is 0.911. The van der Waals surface area contributed by atoms with Gasteiger partial charge in [-0.05, 0) is 12.1 Å². The van der Waals surface area contributed by atoms with Gasteiger partial charge in [0, 0.05) is 0 Å². The van der Waals surface area contributed by atoms with Crippen molar-refractivity contribution in [1.82, 2.24) is 4.90 Å². The first-order valence-corrected chi connectivity index (χ1v) is 8.31. The Bertz CT molecular complexity index is 680. The summed E-state index contributed by atoms with van der Waals surface area (Å²) in [5.41, 5.74) is 2.31. The van der Waals surface area contributed by atoms with E-state index in [9.17, 15) is 14.2 Å². The summed E-state index contributed by atoms with van der Waals surface area (Å²) < 4.78 is 23.5. The van der Waals surface area contributed by atoms with E-state index in [2.05, 4.69) is 4.90 Å². The summed E-state index contributed by atoms with van der Waals surface area (Å²) >= 11 is 0. The second kappa shape index (κ2) is 7.37. The van der Waals surface area contributed by atoms with Crippen molar-refractivity contribution in [1.29, 1.82) is 0 Å². The van der Waals surface area contributed by atoms with Gasteiger partial charge in [-0.15, -0.1) is 0 Å². The second-order valence-corrected chi connectivity index (χ2v) is 6.50. The van der Waals surface area contributed by atoms with Gasteiger partial charge in [0.1, 0.15) is 5.82 Å². The standard InChI is InChI=1S/C19H21BFNO2/c21-18-7-3-16(4-8-18)13-15-1-5-17(6-2-15)19(23)9-11-22(12-10-19)14-20-24/h1-8,23H,9-14H2. The number of halogens is 1. The Labute approximate surface area is 142 Å². The molecule has 24 heavy (non-hydrogen) atoms. The van der Waals surface area contributed by atoms with Crippen LogP contribution in [0.15, 0.2) is 48.5 Å². The van der Waals surface area contributed by atoms with E-state index in [1.54, 1.807) is 12.1 Å². The van der Waals surface area contributed by atoms with Crippen LogP contribution >= 0.6 is 0 Å². The molecular weight excluding hydrogens is 304 g/mol. The Morgan fingerprint density at radius 1 is 1.00 bits per heavy atom. The zero-order valence-electron chi connectivity index (χ0n) is 13.6. The van der Waals surface area contributed by atoms with E-state index < -0.39 is 5.60 Å². The van der Waals surface area contributed by atoms with E-state index in [0.717, 1.165) is 43.4 Å². The van der Waals surface area contributed by atoms with Gasteiger partial charge < -0.3 is 0 Å². The Hall–Kier alpha value is -1.85. The number of hydrogen-bond acceptors (Lipinski definition) is 3. The summed E-state index contributed by atoms with van der Waals surface area (Å²) in [6.45, 7) is 1.46. The maximum atomic E-state index is 13.0. The molecule has 0 atom stereocenters. The molecule has 0 aromatic heterocycles. The normalized spacial score (nSPS) is 17.4. The first-order chi connectivity index (χ1) is 11.6. The predicted molar refractivity (Wildman–Crippen MR) is 91.7 cm³/mol. The van der Waals surface area contributed by atoms with E-state index in [1.807, 2.05) is 24.3 Å². The van der Waals surface area contributed by atoms with Crippen LogP contribution in [-0.4, -0.2) is 36.7 Å². The van der Waals surface area contributed by atoms with Gasteiger partial charge >= 0.3 is 119 Å². The van der Waals surface area contributed by atoms with Crippen LogP contribution in [0, 0.1) is 5.82 Å². The average molecular weight is 325 g/mol. The van der Waals surface area contributed by atoms with Gasteiger partial charge in [-0.1, -0.05) is 0 Å². The zero-order valence-corrected chi connectivity index (χ0v) is 13.6. The van der Waals surface area contributed by atoms with Crippen molar-refractivity contribution >= 4 is 7.15 Å². The number of likely N-dealkylation sites (tertiary alicyclic amines) is 1. The van der Waals surface area contributed by atoms with E-state index in [0.29, 0.717) is 19.3 Å². The number of nitrogens with zero attached hydrogens (tertiary/aromatic N) is 1. The van der Waals surface area contributed by atoms with Crippen molar-refractivity contribution in [2.75, 3.05) is 19.5 Å². The molecule has 0 unspecified atom stereocenters. The van der Waals surface area contributed by atoms with Gasteiger partial charge in [0.05, 0.1) is 0 Å². The molecule has 0 amide bonds. The third-order valence-electron chi connectivity index (χ3n) is 4.83. The average Bonchev–Trinajstić information content (AvgIpc) is 2.60. The number of aliphatic hydroxyl groups is 1. The molecule has 1 heterocycles. The minimum atomic E-state index is -0.812. The van der Waals surface area contributed by atoms with Gasteiger partial charge in [0.15, 0.2) is 0 Å². The summed E-state index contributed by atoms with van der Waals surface area (Å²) in [5.74, 6) is -0.225. The Morgan fingerprint density at radius 3 is 2.08 bits per heavy atom. The Balaban J connectivity index is 1.66. The first-order valence-electron chi connectivity index (χ1n) is 8.31. The molecule has 1 aliphatic rings. The molecule has 1 aliphatic heterocycles. The molecule has 3 rings (SSSR count). The molecule has 5 heteroatoms. The minimum absolute atomic E-state index is 0.225. The molecule has 1 saturated heterocycles. The Morgan fingerprint density at radius 2 is 1.54 bits per heavy atom. The second-order valence-electron chi connectivity index (χ2n) is 6.50. The van der Waals surface area contributed by atoms with Gasteiger partial charge in [0.25, 0.3) is 0 Å². The molecule has 0 saturated carbocycles. The molecule has 3 nitrogen and oxygen atoms in total. The van der Waals surface area contributed by atoms with Crippen LogP contribution in [-0.2, 0) is 16.7 Å². The maximum absolute atomic E-state index is 13.0. The summed E-state index contributed by atoms with van der Waals surface area (Å²) in [5, 5.41) is 10.9. The van der Waals surface area contributed by atoms with Gasteiger partial charge in [-0.3, -0.25) is 0 Å². The quantitative estimate of drug-likeness (QED) is 0.860. The van der Waals surface area contributed by atoms with Crippen LogP contribution in [0.1, 0.15) is 29.5 Å². The third kappa shape index (κ3) is 3.97. The molecule has 124 valence electrons. The van der Waals surface area contributed by atoms with E-state index in [-0.39, 0.29) is 5.82 Å². The van der Waals surface area contributed by atoms with E-state index in [1.165, 1.54) is 12.1 Å². The van der Waals surface area contributed by atoms with Crippen molar-refractivity contribution in [3.8, 4) is 0 Å². The third-order valence-corrected chi connectivity index (χ3v) is 4.83. The molecule has 2 aromatic carbocycles. The molecule has 0 spiro atoms. The first kappa shape index (κ1) is 17.0. The van der Waals surface area contributed by atoms with Crippen LogP contribution in [0.25, 0.3) is 0 Å². The van der Waals surface area contributed by atoms with Crippen molar-refractivity contribution < 1.29 is 14.2 Å². The number of piperidine rings is 1. The van der Waals surface area contributed by atoms with Crippen molar-refractivity contribution in [2.45, 2.75) is 24.9 Å². The van der Waals surface area contributed by atoms with Crippen LogP contribution in [0.4, 0.5) is 4.39 Å². The molecule has 0 bridgehead atoms. The summed E-state index contributed by atoms with van der Waals surface area (Å²) in [6, 6.07) is 14.5. The van der Waals surface area contributed by atoms with Crippen molar-refractivity contribution in [2.24, 2.45) is 0 Å². The molecule has 2 aromatic rings. The van der Waals surface area contributed by atoms with Crippen LogP contribution in [0.3, 0.4) is 0 Å². The fourth-order valence-corrected chi connectivity index (χ4v) is 3.27. The predicted octanol–water partition coefficient (Wildman–Crippen LogP) is 2.71. The number of benzene rings is 2. The van der Waals surface area contributed by atoms with Gasteiger partial charge in [-0.2, -0.15) is 0 Å². The van der Waals surface area contributed by atoms with E-state index in [4.69, 9.17) is 0 Å². The van der Waals surface area contributed by atoms with Gasteiger partial charge in [0.2, 0.25) is 0 Å². The van der Waals surface area contributed by atoms with Crippen molar-refractivity contribution in [3.63, 3.8) is 0 Å². The Kier molecular flexibility index (Phi) is 5.22. The SMILES string of the molecule is O=BCN1CCC(O)(c2ccc(Cc3ccc(F)cc3)cc2)CC1.